The number of hydrogen-bond acceptors (Lipinski definition) is 4. The molecule has 0 spiro atoms. The summed E-state index contributed by atoms with van der Waals surface area (Å²) in [5.74, 6) is -0.0102. The molecule has 0 aliphatic rings. The van der Waals surface area contributed by atoms with Gasteiger partial charge in [-0.2, -0.15) is 5.10 Å². The number of carbonyl (C=O) groups is 1. The van der Waals surface area contributed by atoms with Crippen LogP contribution in [-0.2, 0) is 11.8 Å². The molecular weight excluding hydrogens is 226 g/mol. The zero-order chi connectivity index (χ0) is 12.0. The smallest absolute Gasteiger partial charge is 0.320 e. The summed E-state index contributed by atoms with van der Waals surface area (Å²) < 4.78 is 1.74. The molecule has 1 atom stereocenters. The number of aryl methyl sites for hydroxylation is 1. The molecular formula is C10H17N3O2S. The minimum Gasteiger partial charge on any atom is -0.480 e. The Labute approximate surface area is 99.2 Å². The molecule has 0 aromatic carbocycles. The minimum atomic E-state index is -0.784. The van der Waals surface area contributed by atoms with E-state index in [9.17, 15) is 4.79 Å². The number of aliphatic carboxylic acids is 1. The van der Waals surface area contributed by atoms with Crippen molar-refractivity contribution in [3.63, 3.8) is 0 Å². The van der Waals surface area contributed by atoms with Crippen LogP contribution in [0.3, 0.4) is 0 Å². The standard InChI is InChI=1S/C10H17N3O2S/c1-3-11-9(10(14)15)4-5-16-8-6-12-13(2)7-8/h6-7,9,11H,3-5H2,1-2H3,(H,14,15). The first-order chi connectivity index (χ1) is 7.63. The molecule has 1 aromatic heterocycles. The molecule has 1 rings (SSSR count). The van der Waals surface area contributed by atoms with Crippen molar-refractivity contribution in [1.82, 2.24) is 15.1 Å². The molecule has 90 valence electrons. The van der Waals surface area contributed by atoms with E-state index in [1.165, 1.54) is 0 Å². The van der Waals surface area contributed by atoms with Crippen LogP contribution < -0.4 is 5.32 Å². The van der Waals surface area contributed by atoms with Crippen LogP contribution in [0.5, 0.6) is 0 Å². The van der Waals surface area contributed by atoms with E-state index in [1.807, 2.05) is 20.2 Å². The van der Waals surface area contributed by atoms with Gasteiger partial charge in [-0.15, -0.1) is 11.8 Å². The van der Waals surface area contributed by atoms with Crippen LogP contribution in [-0.4, -0.2) is 39.2 Å². The summed E-state index contributed by atoms with van der Waals surface area (Å²) in [7, 11) is 1.86. The van der Waals surface area contributed by atoms with Crippen molar-refractivity contribution in [2.75, 3.05) is 12.3 Å². The van der Waals surface area contributed by atoms with E-state index in [0.717, 1.165) is 10.6 Å². The predicted octanol–water partition coefficient (Wildman–Crippen LogP) is 0.965. The first-order valence-electron chi connectivity index (χ1n) is 5.21. The molecule has 5 nitrogen and oxygen atoms in total. The largest absolute Gasteiger partial charge is 0.480 e. The summed E-state index contributed by atoms with van der Waals surface area (Å²) in [5, 5.41) is 15.9. The predicted molar refractivity (Wildman–Crippen MR) is 63.6 cm³/mol. The molecule has 0 aliphatic carbocycles. The van der Waals surface area contributed by atoms with E-state index in [-0.39, 0.29) is 0 Å². The first kappa shape index (κ1) is 13.1. The van der Waals surface area contributed by atoms with Gasteiger partial charge in [0.05, 0.1) is 6.20 Å². The Kier molecular flexibility index (Phi) is 5.34. The van der Waals surface area contributed by atoms with Crippen molar-refractivity contribution in [2.45, 2.75) is 24.3 Å². The summed E-state index contributed by atoms with van der Waals surface area (Å²) >= 11 is 1.63. The first-order valence-corrected chi connectivity index (χ1v) is 6.19. The summed E-state index contributed by atoms with van der Waals surface area (Å²) in [6.45, 7) is 2.58. The molecule has 0 fully saturated rings. The Morgan fingerprint density at radius 2 is 2.50 bits per heavy atom. The molecule has 0 radical (unpaired) electrons. The zero-order valence-electron chi connectivity index (χ0n) is 9.51. The van der Waals surface area contributed by atoms with Gasteiger partial charge in [0.15, 0.2) is 0 Å². The highest BCUT2D eigenvalue weighted by Gasteiger charge is 2.15. The number of carboxylic acids is 1. The highest BCUT2D eigenvalue weighted by molar-refractivity contribution is 7.99. The van der Waals surface area contributed by atoms with Crippen LogP contribution in [0, 0.1) is 0 Å². The fourth-order valence-corrected chi connectivity index (χ4v) is 2.27. The molecule has 0 saturated heterocycles. The molecule has 2 N–H and O–H groups in total. The lowest BCUT2D eigenvalue weighted by molar-refractivity contribution is -0.139. The Morgan fingerprint density at radius 3 is 3.00 bits per heavy atom. The van der Waals surface area contributed by atoms with Gasteiger partial charge in [0.1, 0.15) is 6.04 Å². The summed E-state index contributed by atoms with van der Waals surface area (Å²) in [5.41, 5.74) is 0. The van der Waals surface area contributed by atoms with E-state index in [2.05, 4.69) is 10.4 Å². The maximum atomic E-state index is 10.8. The quantitative estimate of drug-likeness (QED) is 0.698. The van der Waals surface area contributed by atoms with E-state index in [1.54, 1.807) is 22.6 Å². The highest BCUT2D eigenvalue weighted by atomic mass is 32.2. The second kappa shape index (κ2) is 6.55. The molecule has 0 saturated carbocycles. The number of nitrogens with one attached hydrogen (secondary N) is 1. The summed E-state index contributed by atoms with van der Waals surface area (Å²) in [6.07, 6.45) is 4.32. The van der Waals surface area contributed by atoms with Crippen LogP contribution in [0.1, 0.15) is 13.3 Å². The number of likely N-dealkylation sites (N-methyl/N-ethyl adjacent to an activating group) is 1. The van der Waals surface area contributed by atoms with E-state index < -0.39 is 12.0 Å². The molecule has 0 amide bonds. The molecule has 1 aromatic rings. The van der Waals surface area contributed by atoms with Crippen LogP contribution >= 0.6 is 11.8 Å². The van der Waals surface area contributed by atoms with Crippen molar-refractivity contribution in [2.24, 2.45) is 7.05 Å². The molecule has 6 heteroatoms. The van der Waals surface area contributed by atoms with Gasteiger partial charge in [-0.1, -0.05) is 6.92 Å². The fraction of sp³-hybridized carbons (Fsp3) is 0.600. The molecule has 0 aliphatic heterocycles. The molecule has 1 heterocycles. The van der Waals surface area contributed by atoms with Crippen molar-refractivity contribution in [1.29, 1.82) is 0 Å². The average Bonchev–Trinajstić information content (AvgIpc) is 2.63. The van der Waals surface area contributed by atoms with Crippen LogP contribution in [0.25, 0.3) is 0 Å². The van der Waals surface area contributed by atoms with Gasteiger partial charge in [0.2, 0.25) is 0 Å². The van der Waals surface area contributed by atoms with Gasteiger partial charge in [0.25, 0.3) is 0 Å². The third-order valence-electron chi connectivity index (χ3n) is 2.11. The van der Waals surface area contributed by atoms with E-state index >= 15 is 0 Å². The highest BCUT2D eigenvalue weighted by Crippen LogP contribution is 2.17. The van der Waals surface area contributed by atoms with Crippen molar-refractivity contribution < 1.29 is 9.90 Å². The Hall–Kier alpha value is -1.01. The summed E-state index contributed by atoms with van der Waals surface area (Å²) in [6, 6.07) is -0.450. The van der Waals surface area contributed by atoms with Gasteiger partial charge >= 0.3 is 5.97 Å². The van der Waals surface area contributed by atoms with Crippen molar-refractivity contribution >= 4 is 17.7 Å². The van der Waals surface area contributed by atoms with Crippen LogP contribution in [0.15, 0.2) is 17.3 Å². The van der Waals surface area contributed by atoms with E-state index in [0.29, 0.717) is 13.0 Å². The van der Waals surface area contributed by atoms with Crippen molar-refractivity contribution in [3.05, 3.63) is 12.4 Å². The second-order valence-electron chi connectivity index (χ2n) is 3.44. The number of carboxylic acid groups (broad SMARTS) is 1. The Bertz CT molecular complexity index is 341. The lowest BCUT2D eigenvalue weighted by atomic mass is 10.2. The number of thioether (sulfide) groups is 1. The normalized spacial score (nSPS) is 12.6. The maximum absolute atomic E-state index is 10.8. The second-order valence-corrected chi connectivity index (χ2v) is 4.60. The lowest BCUT2D eigenvalue weighted by Gasteiger charge is -2.11. The average molecular weight is 243 g/mol. The number of aromatic nitrogens is 2. The van der Waals surface area contributed by atoms with Gasteiger partial charge in [-0.3, -0.25) is 9.48 Å². The van der Waals surface area contributed by atoms with E-state index in [4.69, 9.17) is 5.11 Å². The minimum absolute atomic E-state index is 0.450. The molecule has 1 unspecified atom stereocenters. The fourth-order valence-electron chi connectivity index (χ4n) is 1.33. The SMILES string of the molecule is CCNC(CCSc1cnn(C)c1)C(=O)O. The van der Waals surface area contributed by atoms with Crippen LogP contribution in [0.2, 0.25) is 0 Å². The third kappa shape index (κ3) is 4.24. The lowest BCUT2D eigenvalue weighted by Crippen LogP contribution is -2.36. The van der Waals surface area contributed by atoms with Gasteiger partial charge in [-0.05, 0) is 13.0 Å². The number of nitrogens with zero attached hydrogens (tertiary/aromatic N) is 2. The van der Waals surface area contributed by atoms with Gasteiger partial charge < -0.3 is 10.4 Å². The maximum Gasteiger partial charge on any atom is 0.320 e. The van der Waals surface area contributed by atoms with Crippen LogP contribution in [0.4, 0.5) is 0 Å². The van der Waals surface area contributed by atoms with Gasteiger partial charge in [0, 0.05) is 23.9 Å². The van der Waals surface area contributed by atoms with Crippen molar-refractivity contribution in [3.8, 4) is 0 Å². The zero-order valence-corrected chi connectivity index (χ0v) is 10.3. The Balaban J connectivity index is 2.30. The monoisotopic (exact) mass is 243 g/mol. The third-order valence-corrected chi connectivity index (χ3v) is 3.09. The number of rotatable bonds is 7. The summed E-state index contributed by atoms with van der Waals surface area (Å²) in [4.78, 5) is 11.9. The van der Waals surface area contributed by atoms with Gasteiger partial charge in [-0.25, -0.2) is 0 Å². The number of hydrogen-bond donors (Lipinski definition) is 2. The topological polar surface area (TPSA) is 67.2 Å². The molecule has 16 heavy (non-hydrogen) atoms. The molecule has 0 bridgehead atoms. The Morgan fingerprint density at radius 1 is 1.75 bits per heavy atom.